The van der Waals surface area contributed by atoms with Crippen LogP contribution in [0, 0.1) is 6.92 Å². The molecular formula is C18H20NO6-. The van der Waals surface area contributed by atoms with Gasteiger partial charge in [0.2, 0.25) is 0 Å². The number of ether oxygens (including phenoxy) is 1. The SMILES string of the molecule is CCCc1cc(=O)oc2c(C)c(OCC(=O)NCCC(=O)[O-])ccc12. The Bertz CT molecular complexity index is 839. The maximum atomic E-state index is 11.8. The van der Waals surface area contributed by atoms with E-state index in [0.717, 1.165) is 23.8 Å². The minimum atomic E-state index is -1.23. The first kappa shape index (κ1) is 18.5. The number of carbonyl (C=O) groups excluding carboxylic acids is 2. The molecule has 0 aliphatic carbocycles. The highest BCUT2D eigenvalue weighted by Gasteiger charge is 2.12. The van der Waals surface area contributed by atoms with E-state index < -0.39 is 17.5 Å². The van der Waals surface area contributed by atoms with E-state index in [9.17, 15) is 19.5 Å². The molecule has 0 saturated heterocycles. The van der Waals surface area contributed by atoms with Crippen LogP contribution in [0.15, 0.2) is 27.4 Å². The molecule has 0 spiro atoms. The molecule has 7 nitrogen and oxygen atoms in total. The summed E-state index contributed by atoms with van der Waals surface area (Å²) in [5.74, 6) is -1.24. The number of fused-ring (bicyclic) bond motifs is 1. The van der Waals surface area contributed by atoms with Crippen molar-refractivity contribution in [2.75, 3.05) is 13.2 Å². The Hall–Kier alpha value is -2.83. The third-order valence-electron chi connectivity index (χ3n) is 3.73. The monoisotopic (exact) mass is 346 g/mol. The zero-order chi connectivity index (χ0) is 18.4. The van der Waals surface area contributed by atoms with Crippen molar-refractivity contribution in [3.63, 3.8) is 0 Å². The van der Waals surface area contributed by atoms with Crippen LogP contribution in [0.1, 0.15) is 30.9 Å². The van der Waals surface area contributed by atoms with Gasteiger partial charge in [-0.3, -0.25) is 4.79 Å². The lowest BCUT2D eigenvalue weighted by atomic mass is 10.0. The van der Waals surface area contributed by atoms with Gasteiger partial charge in [0, 0.05) is 36.0 Å². The van der Waals surface area contributed by atoms with Crippen LogP contribution in [0.5, 0.6) is 5.75 Å². The van der Waals surface area contributed by atoms with Crippen molar-refractivity contribution in [2.45, 2.75) is 33.1 Å². The Kier molecular flexibility index (Phi) is 6.16. The summed E-state index contributed by atoms with van der Waals surface area (Å²) in [5, 5.41) is 13.6. The highest BCUT2D eigenvalue weighted by Crippen LogP contribution is 2.28. The van der Waals surface area contributed by atoms with Crippen molar-refractivity contribution in [1.82, 2.24) is 5.32 Å². The van der Waals surface area contributed by atoms with Crippen LogP contribution in [0.4, 0.5) is 0 Å². The van der Waals surface area contributed by atoms with Gasteiger partial charge in [-0.15, -0.1) is 0 Å². The van der Waals surface area contributed by atoms with E-state index in [4.69, 9.17) is 9.15 Å². The second kappa shape index (κ2) is 8.32. The standard InChI is InChI=1S/C18H21NO6/c1-3-4-12-9-17(23)25-18-11(2)14(6-5-13(12)18)24-10-15(20)19-8-7-16(21)22/h5-6,9H,3-4,7-8,10H2,1-2H3,(H,19,20)(H,21,22)/p-1. The van der Waals surface area contributed by atoms with Crippen molar-refractivity contribution < 1.29 is 23.8 Å². The minimum absolute atomic E-state index is 0.0174. The van der Waals surface area contributed by atoms with Gasteiger partial charge < -0.3 is 24.4 Å². The zero-order valence-corrected chi connectivity index (χ0v) is 14.2. The third kappa shape index (κ3) is 4.82. The number of carboxylic acid groups (broad SMARTS) is 1. The van der Waals surface area contributed by atoms with Crippen molar-refractivity contribution >= 4 is 22.8 Å². The summed E-state index contributed by atoms with van der Waals surface area (Å²) < 4.78 is 10.8. The largest absolute Gasteiger partial charge is 0.550 e. The third-order valence-corrected chi connectivity index (χ3v) is 3.73. The van der Waals surface area contributed by atoms with Crippen LogP contribution in [0.2, 0.25) is 0 Å². The Labute approximate surface area is 144 Å². The Balaban J connectivity index is 2.14. The number of aliphatic carboxylic acids is 1. The van der Waals surface area contributed by atoms with Crippen molar-refractivity contribution in [2.24, 2.45) is 0 Å². The topological polar surface area (TPSA) is 109 Å². The molecule has 2 rings (SSSR count). The van der Waals surface area contributed by atoms with Gasteiger partial charge >= 0.3 is 5.63 Å². The summed E-state index contributed by atoms with van der Waals surface area (Å²) in [6.45, 7) is 3.50. The number of rotatable bonds is 8. The summed E-state index contributed by atoms with van der Waals surface area (Å²) in [6, 6.07) is 5.03. The van der Waals surface area contributed by atoms with Crippen LogP contribution >= 0.6 is 0 Å². The van der Waals surface area contributed by atoms with E-state index in [2.05, 4.69) is 5.32 Å². The number of hydrogen-bond donors (Lipinski definition) is 1. The molecule has 25 heavy (non-hydrogen) atoms. The Morgan fingerprint density at radius 1 is 1.32 bits per heavy atom. The van der Waals surface area contributed by atoms with E-state index in [0.29, 0.717) is 16.9 Å². The molecule has 0 fully saturated rings. The Morgan fingerprint density at radius 2 is 2.08 bits per heavy atom. The summed E-state index contributed by atoms with van der Waals surface area (Å²) in [6.07, 6.45) is 1.41. The molecule has 0 aliphatic rings. The average molecular weight is 346 g/mol. The first-order valence-corrected chi connectivity index (χ1v) is 8.08. The van der Waals surface area contributed by atoms with Gasteiger partial charge in [0.15, 0.2) is 6.61 Å². The zero-order valence-electron chi connectivity index (χ0n) is 14.2. The Morgan fingerprint density at radius 3 is 2.76 bits per heavy atom. The molecule has 2 aromatic rings. The molecule has 0 saturated carbocycles. The summed E-state index contributed by atoms with van der Waals surface area (Å²) in [4.78, 5) is 33.7. The number of nitrogens with one attached hydrogen (secondary N) is 1. The second-order valence-electron chi connectivity index (χ2n) is 5.67. The first-order valence-electron chi connectivity index (χ1n) is 8.08. The van der Waals surface area contributed by atoms with Gasteiger partial charge in [-0.2, -0.15) is 0 Å². The molecule has 0 aliphatic heterocycles. The van der Waals surface area contributed by atoms with E-state index >= 15 is 0 Å². The van der Waals surface area contributed by atoms with Gasteiger partial charge in [-0.1, -0.05) is 13.3 Å². The molecule has 7 heteroatoms. The first-order chi connectivity index (χ1) is 11.9. The van der Waals surface area contributed by atoms with Gasteiger partial charge in [0.25, 0.3) is 5.91 Å². The predicted octanol–water partition coefficient (Wildman–Crippen LogP) is 0.689. The molecule has 1 amide bonds. The smallest absolute Gasteiger partial charge is 0.336 e. The molecule has 134 valence electrons. The van der Waals surface area contributed by atoms with Crippen LogP contribution < -0.4 is 20.8 Å². The lowest BCUT2D eigenvalue weighted by Crippen LogP contribution is -2.33. The van der Waals surface area contributed by atoms with Crippen LogP contribution in [-0.2, 0) is 16.0 Å². The van der Waals surface area contributed by atoms with E-state index in [1.807, 2.05) is 6.92 Å². The molecule has 0 atom stereocenters. The number of hydrogen-bond acceptors (Lipinski definition) is 6. The minimum Gasteiger partial charge on any atom is -0.550 e. The van der Waals surface area contributed by atoms with Gasteiger partial charge in [0.1, 0.15) is 11.3 Å². The van der Waals surface area contributed by atoms with E-state index in [-0.39, 0.29) is 19.6 Å². The maximum absolute atomic E-state index is 11.8. The predicted molar refractivity (Wildman–Crippen MR) is 89.3 cm³/mol. The summed E-state index contributed by atoms with van der Waals surface area (Å²) in [7, 11) is 0. The molecule has 0 radical (unpaired) electrons. The van der Waals surface area contributed by atoms with Gasteiger partial charge in [0.05, 0.1) is 0 Å². The fourth-order valence-corrected chi connectivity index (χ4v) is 2.54. The molecule has 0 unspecified atom stereocenters. The average Bonchev–Trinajstić information content (AvgIpc) is 2.54. The molecule has 0 bridgehead atoms. The lowest BCUT2D eigenvalue weighted by molar-refractivity contribution is -0.305. The van der Waals surface area contributed by atoms with E-state index in [1.165, 1.54) is 6.07 Å². The highest BCUT2D eigenvalue weighted by molar-refractivity contribution is 5.85. The fraction of sp³-hybridized carbons (Fsp3) is 0.389. The lowest BCUT2D eigenvalue weighted by Gasteiger charge is -2.12. The van der Waals surface area contributed by atoms with Crippen LogP contribution in [0.3, 0.4) is 0 Å². The van der Waals surface area contributed by atoms with Crippen molar-refractivity contribution in [3.8, 4) is 5.75 Å². The highest BCUT2D eigenvalue weighted by atomic mass is 16.5. The summed E-state index contributed by atoms with van der Waals surface area (Å²) >= 11 is 0. The fourth-order valence-electron chi connectivity index (χ4n) is 2.54. The number of benzene rings is 1. The number of carbonyl (C=O) groups is 2. The number of amides is 1. The van der Waals surface area contributed by atoms with Crippen LogP contribution in [-0.4, -0.2) is 25.0 Å². The summed E-state index contributed by atoms with van der Waals surface area (Å²) in [5.41, 5.74) is 1.58. The number of carboxylic acids is 1. The molecule has 1 heterocycles. The second-order valence-corrected chi connectivity index (χ2v) is 5.67. The van der Waals surface area contributed by atoms with Gasteiger partial charge in [-0.25, -0.2) is 4.79 Å². The molecule has 1 N–H and O–H groups in total. The quantitative estimate of drug-likeness (QED) is 0.705. The molecule has 1 aromatic heterocycles. The molecule has 1 aromatic carbocycles. The van der Waals surface area contributed by atoms with E-state index in [1.54, 1.807) is 19.1 Å². The maximum Gasteiger partial charge on any atom is 0.336 e. The van der Waals surface area contributed by atoms with Crippen molar-refractivity contribution in [3.05, 3.63) is 39.7 Å². The normalized spacial score (nSPS) is 10.6. The van der Waals surface area contributed by atoms with Gasteiger partial charge in [-0.05, 0) is 31.0 Å². The van der Waals surface area contributed by atoms with Crippen molar-refractivity contribution in [1.29, 1.82) is 0 Å². The number of aryl methyl sites for hydroxylation is 2. The van der Waals surface area contributed by atoms with Crippen LogP contribution in [0.25, 0.3) is 11.0 Å². The molecular weight excluding hydrogens is 326 g/mol.